The van der Waals surface area contributed by atoms with Crippen LogP contribution in [-0.2, 0) is 26.2 Å². The number of hydrogen-bond acceptors (Lipinski definition) is 4. The summed E-state index contributed by atoms with van der Waals surface area (Å²) in [6.07, 6.45) is 0. The molecule has 1 N–H and O–H groups in total. The summed E-state index contributed by atoms with van der Waals surface area (Å²) in [6, 6.07) is 17.0. The van der Waals surface area contributed by atoms with Crippen molar-refractivity contribution in [3.8, 4) is 0 Å². The second-order valence-corrected chi connectivity index (χ2v) is 13.0. The second-order valence-electron chi connectivity index (χ2n) is 9.41. The van der Waals surface area contributed by atoms with Gasteiger partial charge in [-0.15, -0.1) is 0 Å². The highest BCUT2D eigenvalue weighted by Gasteiger charge is 2.33. The van der Waals surface area contributed by atoms with Crippen LogP contribution >= 0.6 is 39.1 Å². The summed E-state index contributed by atoms with van der Waals surface area (Å²) in [7, 11) is -4.25. The lowest BCUT2D eigenvalue weighted by molar-refractivity contribution is -0.139. The maximum Gasteiger partial charge on any atom is 0.264 e. The molecular weight excluding hydrogens is 625 g/mol. The van der Waals surface area contributed by atoms with Crippen LogP contribution in [0.3, 0.4) is 0 Å². The zero-order valence-electron chi connectivity index (χ0n) is 22.0. The van der Waals surface area contributed by atoms with Gasteiger partial charge in [0.1, 0.15) is 12.6 Å². The van der Waals surface area contributed by atoms with Crippen LogP contribution in [0.5, 0.6) is 0 Å². The fraction of sp³-hybridized carbons (Fsp3) is 0.286. The number of hydrogen-bond donors (Lipinski definition) is 1. The molecule has 0 radical (unpaired) electrons. The Morgan fingerprint density at radius 1 is 0.949 bits per heavy atom. The SMILES string of the molecule is Cc1ccc(S(=O)(=O)N(CC(=O)N(Cc2ccc(Br)cc2)C(C)C(=O)NC(C)C)c2cc(Cl)ccc2Cl)cc1. The maximum atomic E-state index is 13.9. The van der Waals surface area contributed by atoms with Gasteiger partial charge in [0, 0.05) is 22.1 Å². The standard InChI is InChI=1S/C28H30BrCl2N3O4S/c1-18(2)32-28(36)20(4)33(16-21-7-9-22(29)10-8-21)27(35)17-34(26-15-23(30)11-14-25(26)31)39(37,38)24-12-5-19(3)6-13-24/h5-15,18,20H,16-17H2,1-4H3,(H,32,36). The number of carbonyl (C=O) groups is 2. The molecule has 208 valence electrons. The van der Waals surface area contributed by atoms with Crippen LogP contribution in [0.15, 0.2) is 76.1 Å². The summed E-state index contributed by atoms with van der Waals surface area (Å²) in [5.74, 6) is -0.944. The normalized spacial score (nSPS) is 12.2. The van der Waals surface area contributed by atoms with Gasteiger partial charge < -0.3 is 10.2 Å². The Morgan fingerprint density at radius 2 is 1.56 bits per heavy atom. The fourth-order valence-corrected chi connectivity index (χ4v) is 5.93. The van der Waals surface area contributed by atoms with Crippen molar-refractivity contribution in [3.05, 3.63) is 92.4 Å². The summed E-state index contributed by atoms with van der Waals surface area (Å²) in [5, 5.41) is 3.18. The van der Waals surface area contributed by atoms with Crippen molar-refractivity contribution in [1.29, 1.82) is 0 Å². The van der Waals surface area contributed by atoms with Crippen molar-refractivity contribution in [2.24, 2.45) is 0 Å². The number of nitrogens with zero attached hydrogens (tertiary/aromatic N) is 2. The number of amides is 2. The fourth-order valence-electron chi connectivity index (χ4n) is 3.80. The van der Waals surface area contributed by atoms with Crippen LogP contribution in [0.1, 0.15) is 31.9 Å². The Hall–Kier alpha value is -2.59. The van der Waals surface area contributed by atoms with E-state index in [0.717, 1.165) is 19.9 Å². The number of halogens is 3. The molecule has 0 heterocycles. The lowest BCUT2D eigenvalue weighted by atomic mass is 10.1. The van der Waals surface area contributed by atoms with Gasteiger partial charge >= 0.3 is 0 Å². The first-order valence-electron chi connectivity index (χ1n) is 12.2. The third-order valence-electron chi connectivity index (χ3n) is 5.93. The highest BCUT2D eigenvalue weighted by molar-refractivity contribution is 9.10. The molecule has 39 heavy (non-hydrogen) atoms. The lowest BCUT2D eigenvalue weighted by Crippen LogP contribution is -2.52. The van der Waals surface area contributed by atoms with E-state index in [4.69, 9.17) is 23.2 Å². The van der Waals surface area contributed by atoms with E-state index in [1.54, 1.807) is 19.1 Å². The third kappa shape index (κ3) is 7.97. The first kappa shape index (κ1) is 30.9. The molecule has 1 unspecified atom stereocenters. The predicted octanol–water partition coefficient (Wildman–Crippen LogP) is 6.20. The number of sulfonamides is 1. The highest BCUT2D eigenvalue weighted by atomic mass is 79.9. The van der Waals surface area contributed by atoms with E-state index in [1.165, 1.54) is 35.2 Å². The van der Waals surface area contributed by atoms with Crippen LogP contribution in [0.25, 0.3) is 0 Å². The highest BCUT2D eigenvalue weighted by Crippen LogP contribution is 2.33. The molecule has 0 fully saturated rings. The second kappa shape index (κ2) is 13.2. The number of rotatable bonds is 10. The molecule has 0 aromatic heterocycles. The molecule has 11 heteroatoms. The molecule has 1 atom stereocenters. The predicted molar refractivity (Wildman–Crippen MR) is 160 cm³/mol. The molecule has 2 amide bonds. The van der Waals surface area contributed by atoms with Gasteiger partial charge in [-0.25, -0.2) is 8.42 Å². The van der Waals surface area contributed by atoms with Crippen molar-refractivity contribution in [3.63, 3.8) is 0 Å². The lowest BCUT2D eigenvalue weighted by Gasteiger charge is -2.32. The molecule has 0 aliphatic heterocycles. The van der Waals surface area contributed by atoms with Crippen LogP contribution in [-0.4, -0.2) is 43.8 Å². The van der Waals surface area contributed by atoms with E-state index in [9.17, 15) is 18.0 Å². The minimum atomic E-state index is -4.25. The topological polar surface area (TPSA) is 86.8 Å². The minimum Gasteiger partial charge on any atom is -0.352 e. The zero-order chi connectivity index (χ0) is 28.9. The van der Waals surface area contributed by atoms with Crippen molar-refractivity contribution < 1.29 is 18.0 Å². The number of nitrogens with one attached hydrogen (secondary N) is 1. The number of aryl methyl sites for hydroxylation is 1. The maximum absolute atomic E-state index is 13.9. The van der Waals surface area contributed by atoms with Crippen LogP contribution < -0.4 is 9.62 Å². The Balaban J connectivity index is 2.07. The Labute approximate surface area is 248 Å². The first-order valence-corrected chi connectivity index (χ1v) is 15.2. The average Bonchev–Trinajstić information content (AvgIpc) is 2.87. The summed E-state index contributed by atoms with van der Waals surface area (Å²) >= 11 is 16.0. The van der Waals surface area contributed by atoms with Crippen molar-refractivity contribution in [2.75, 3.05) is 10.8 Å². The van der Waals surface area contributed by atoms with Gasteiger partial charge in [-0.3, -0.25) is 13.9 Å². The number of anilines is 1. The molecule has 0 aliphatic rings. The van der Waals surface area contributed by atoms with Gasteiger partial charge in [0.25, 0.3) is 10.0 Å². The van der Waals surface area contributed by atoms with Crippen LogP contribution in [0.2, 0.25) is 10.0 Å². The van der Waals surface area contributed by atoms with E-state index in [1.807, 2.05) is 45.0 Å². The van der Waals surface area contributed by atoms with E-state index in [-0.39, 0.29) is 39.1 Å². The van der Waals surface area contributed by atoms with Gasteiger partial charge in [-0.2, -0.15) is 0 Å². The van der Waals surface area contributed by atoms with Gasteiger partial charge in [-0.05, 0) is 75.7 Å². The minimum absolute atomic E-state index is 0.0120. The van der Waals surface area contributed by atoms with Crippen LogP contribution in [0, 0.1) is 6.92 Å². The van der Waals surface area contributed by atoms with E-state index < -0.39 is 28.5 Å². The first-order chi connectivity index (χ1) is 18.3. The summed E-state index contributed by atoms with van der Waals surface area (Å²) in [4.78, 5) is 28.2. The van der Waals surface area contributed by atoms with E-state index in [2.05, 4.69) is 21.2 Å². The number of carbonyl (C=O) groups excluding carboxylic acids is 2. The Kier molecular flexibility index (Phi) is 10.5. The Bertz CT molecular complexity index is 1430. The monoisotopic (exact) mass is 653 g/mol. The molecular formula is C28H30BrCl2N3O4S. The summed E-state index contributed by atoms with van der Waals surface area (Å²) in [6.45, 7) is 6.58. The van der Waals surface area contributed by atoms with E-state index >= 15 is 0 Å². The molecule has 3 aromatic rings. The Morgan fingerprint density at radius 3 is 2.15 bits per heavy atom. The summed E-state index contributed by atoms with van der Waals surface area (Å²) < 4.78 is 29.6. The van der Waals surface area contributed by atoms with Gasteiger partial charge in [0.15, 0.2) is 0 Å². The molecule has 0 saturated heterocycles. The average molecular weight is 655 g/mol. The van der Waals surface area contributed by atoms with Crippen LogP contribution in [0.4, 0.5) is 5.69 Å². The van der Waals surface area contributed by atoms with Gasteiger partial charge in [0.05, 0.1) is 15.6 Å². The third-order valence-corrected chi connectivity index (χ3v) is 8.79. The molecule has 3 rings (SSSR count). The molecule has 0 bridgehead atoms. The van der Waals surface area contributed by atoms with Crippen molar-refractivity contribution in [1.82, 2.24) is 10.2 Å². The number of benzene rings is 3. The van der Waals surface area contributed by atoms with Gasteiger partial charge in [-0.1, -0.05) is 69.0 Å². The molecule has 0 spiro atoms. The molecule has 3 aromatic carbocycles. The van der Waals surface area contributed by atoms with E-state index in [0.29, 0.717) is 0 Å². The largest absolute Gasteiger partial charge is 0.352 e. The van der Waals surface area contributed by atoms with Crippen molar-refractivity contribution >= 4 is 66.7 Å². The quantitative estimate of drug-likeness (QED) is 0.282. The van der Waals surface area contributed by atoms with Gasteiger partial charge in [0.2, 0.25) is 11.8 Å². The molecule has 0 aliphatic carbocycles. The smallest absolute Gasteiger partial charge is 0.264 e. The van der Waals surface area contributed by atoms with Crippen molar-refractivity contribution in [2.45, 2.75) is 51.2 Å². The molecule has 7 nitrogen and oxygen atoms in total. The summed E-state index contributed by atoms with van der Waals surface area (Å²) in [5.41, 5.74) is 1.70. The zero-order valence-corrected chi connectivity index (χ0v) is 25.9. The molecule has 0 saturated carbocycles.